The number of rotatable bonds is 4. The van der Waals surface area contributed by atoms with Gasteiger partial charge in [-0.25, -0.2) is 4.39 Å². The number of methoxy groups -OCH3 is 1. The highest BCUT2D eigenvalue weighted by atomic mass is 79.9. The second kappa shape index (κ2) is 6.57. The Morgan fingerprint density at radius 1 is 1.30 bits per heavy atom. The van der Waals surface area contributed by atoms with E-state index in [4.69, 9.17) is 16.3 Å². The average molecular weight is 359 g/mol. The van der Waals surface area contributed by atoms with Gasteiger partial charge in [0.1, 0.15) is 11.6 Å². The van der Waals surface area contributed by atoms with Crippen LogP contribution in [-0.4, -0.2) is 14.2 Å². The molecule has 1 N–H and O–H groups in total. The molecule has 2 aromatic rings. The van der Waals surface area contributed by atoms with E-state index in [0.29, 0.717) is 10.8 Å². The largest absolute Gasteiger partial charge is 0.495 e. The third-order valence-electron chi connectivity index (χ3n) is 3.02. The minimum absolute atomic E-state index is 0.212. The van der Waals surface area contributed by atoms with Crippen molar-refractivity contribution in [2.45, 2.75) is 6.04 Å². The number of hydrogen-bond donors (Lipinski definition) is 1. The first-order valence-corrected chi connectivity index (χ1v) is 7.19. The molecule has 0 aliphatic rings. The quantitative estimate of drug-likeness (QED) is 0.865. The molecule has 106 valence electrons. The van der Waals surface area contributed by atoms with Gasteiger partial charge in [0.2, 0.25) is 0 Å². The summed E-state index contributed by atoms with van der Waals surface area (Å²) < 4.78 is 19.6. The highest BCUT2D eigenvalue weighted by molar-refractivity contribution is 9.10. The van der Waals surface area contributed by atoms with Crippen molar-refractivity contribution < 1.29 is 9.13 Å². The van der Waals surface area contributed by atoms with E-state index in [1.54, 1.807) is 19.2 Å². The minimum Gasteiger partial charge on any atom is -0.495 e. The van der Waals surface area contributed by atoms with Gasteiger partial charge in [0.25, 0.3) is 0 Å². The smallest absolute Gasteiger partial charge is 0.138 e. The van der Waals surface area contributed by atoms with Crippen molar-refractivity contribution in [1.29, 1.82) is 0 Å². The van der Waals surface area contributed by atoms with Crippen LogP contribution in [0.1, 0.15) is 17.2 Å². The van der Waals surface area contributed by atoms with Crippen molar-refractivity contribution in [3.63, 3.8) is 0 Å². The third-order valence-corrected chi connectivity index (χ3v) is 3.83. The monoisotopic (exact) mass is 357 g/mol. The summed E-state index contributed by atoms with van der Waals surface area (Å²) in [5.41, 5.74) is 1.65. The van der Waals surface area contributed by atoms with Gasteiger partial charge < -0.3 is 10.1 Å². The maximum Gasteiger partial charge on any atom is 0.138 e. The first-order chi connectivity index (χ1) is 9.56. The van der Waals surface area contributed by atoms with Gasteiger partial charge in [-0.2, -0.15) is 0 Å². The number of halogens is 3. The van der Waals surface area contributed by atoms with E-state index in [1.807, 2.05) is 19.2 Å². The van der Waals surface area contributed by atoms with E-state index >= 15 is 0 Å². The van der Waals surface area contributed by atoms with E-state index in [9.17, 15) is 4.39 Å². The summed E-state index contributed by atoms with van der Waals surface area (Å²) in [6.45, 7) is 0. The van der Waals surface area contributed by atoms with Crippen LogP contribution in [0.5, 0.6) is 5.75 Å². The van der Waals surface area contributed by atoms with Crippen LogP contribution in [0, 0.1) is 5.82 Å². The highest BCUT2D eigenvalue weighted by Crippen LogP contribution is 2.38. The lowest BCUT2D eigenvalue weighted by Crippen LogP contribution is -2.18. The van der Waals surface area contributed by atoms with Crippen LogP contribution in [0.2, 0.25) is 5.02 Å². The predicted molar refractivity (Wildman–Crippen MR) is 83.0 cm³/mol. The van der Waals surface area contributed by atoms with E-state index in [1.165, 1.54) is 12.1 Å². The fourth-order valence-electron chi connectivity index (χ4n) is 2.20. The Balaban J connectivity index is 2.57. The van der Waals surface area contributed by atoms with Crippen molar-refractivity contribution in [2.24, 2.45) is 0 Å². The Morgan fingerprint density at radius 3 is 2.65 bits per heavy atom. The molecule has 0 aromatic heterocycles. The molecule has 2 nitrogen and oxygen atoms in total. The molecule has 0 spiro atoms. The van der Waals surface area contributed by atoms with Crippen LogP contribution in [0.15, 0.2) is 40.9 Å². The molecular formula is C15H14BrClFNO. The summed E-state index contributed by atoms with van der Waals surface area (Å²) in [6.07, 6.45) is 0. The Morgan fingerprint density at radius 2 is 2.05 bits per heavy atom. The van der Waals surface area contributed by atoms with Crippen molar-refractivity contribution in [3.05, 3.63) is 62.8 Å². The van der Waals surface area contributed by atoms with Crippen molar-refractivity contribution in [1.82, 2.24) is 5.32 Å². The lowest BCUT2D eigenvalue weighted by Gasteiger charge is -2.21. The molecule has 0 aliphatic heterocycles. The summed E-state index contributed by atoms with van der Waals surface area (Å²) in [5, 5.41) is 3.75. The lowest BCUT2D eigenvalue weighted by atomic mass is 9.98. The number of nitrogens with one attached hydrogen (secondary N) is 1. The number of benzene rings is 2. The van der Waals surface area contributed by atoms with Gasteiger partial charge in [-0.05, 0) is 52.8 Å². The standard InChI is InChI=1S/C15H14BrClFNO/c1-19-14(9-4-3-5-11(18)6-9)12-7-10(17)8-13(16)15(12)20-2/h3-8,14,19H,1-2H3. The first-order valence-electron chi connectivity index (χ1n) is 6.02. The average Bonchev–Trinajstić information content (AvgIpc) is 2.39. The molecule has 0 saturated heterocycles. The SMILES string of the molecule is CNC(c1cccc(F)c1)c1cc(Cl)cc(Br)c1OC. The summed E-state index contributed by atoms with van der Waals surface area (Å²) in [4.78, 5) is 0. The van der Waals surface area contributed by atoms with Gasteiger partial charge >= 0.3 is 0 Å². The lowest BCUT2D eigenvalue weighted by molar-refractivity contribution is 0.402. The molecule has 0 fully saturated rings. The fourth-order valence-corrected chi connectivity index (χ4v) is 3.19. The Bertz CT molecular complexity index is 621. The first kappa shape index (κ1) is 15.3. The normalized spacial score (nSPS) is 12.2. The molecule has 2 rings (SSSR count). The molecular weight excluding hydrogens is 345 g/mol. The molecule has 0 radical (unpaired) electrons. The zero-order valence-electron chi connectivity index (χ0n) is 11.1. The molecule has 2 aromatic carbocycles. The zero-order chi connectivity index (χ0) is 14.7. The number of ether oxygens (including phenoxy) is 1. The predicted octanol–water partition coefficient (Wildman–Crippen LogP) is 4.56. The van der Waals surface area contributed by atoms with Gasteiger partial charge in [-0.3, -0.25) is 0 Å². The van der Waals surface area contributed by atoms with Crippen molar-refractivity contribution >= 4 is 27.5 Å². The van der Waals surface area contributed by atoms with Crippen molar-refractivity contribution in [2.75, 3.05) is 14.2 Å². The summed E-state index contributed by atoms with van der Waals surface area (Å²) in [6, 6.07) is 9.83. The second-order valence-electron chi connectivity index (χ2n) is 4.29. The summed E-state index contributed by atoms with van der Waals surface area (Å²) >= 11 is 9.54. The fraction of sp³-hybridized carbons (Fsp3) is 0.200. The van der Waals surface area contributed by atoms with Gasteiger partial charge in [0, 0.05) is 10.6 Å². The van der Waals surface area contributed by atoms with Crippen LogP contribution >= 0.6 is 27.5 Å². The van der Waals surface area contributed by atoms with Gasteiger partial charge in [-0.15, -0.1) is 0 Å². The molecule has 5 heteroatoms. The molecule has 0 aliphatic carbocycles. The van der Waals surface area contributed by atoms with Crippen molar-refractivity contribution in [3.8, 4) is 5.75 Å². The Kier molecular flexibility index (Phi) is 5.02. The van der Waals surface area contributed by atoms with Crippen LogP contribution in [0.3, 0.4) is 0 Å². The molecule has 20 heavy (non-hydrogen) atoms. The molecule has 0 heterocycles. The van der Waals surface area contributed by atoms with E-state index < -0.39 is 0 Å². The van der Waals surface area contributed by atoms with Crippen LogP contribution in [0.25, 0.3) is 0 Å². The highest BCUT2D eigenvalue weighted by Gasteiger charge is 2.19. The summed E-state index contributed by atoms with van der Waals surface area (Å²) in [5.74, 6) is 0.404. The number of hydrogen-bond acceptors (Lipinski definition) is 2. The van der Waals surface area contributed by atoms with Crippen LogP contribution in [-0.2, 0) is 0 Å². The van der Waals surface area contributed by atoms with E-state index in [-0.39, 0.29) is 11.9 Å². The topological polar surface area (TPSA) is 21.3 Å². The third kappa shape index (κ3) is 3.14. The van der Waals surface area contributed by atoms with Crippen LogP contribution in [0.4, 0.5) is 4.39 Å². The van der Waals surface area contributed by atoms with Gasteiger partial charge in [-0.1, -0.05) is 23.7 Å². The molecule has 0 amide bonds. The van der Waals surface area contributed by atoms with E-state index in [2.05, 4.69) is 21.2 Å². The zero-order valence-corrected chi connectivity index (χ0v) is 13.4. The van der Waals surface area contributed by atoms with Gasteiger partial charge in [0.15, 0.2) is 0 Å². The maximum absolute atomic E-state index is 13.4. The second-order valence-corrected chi connectivity index (χ2v) is 5.58. The van der Waals surface area contributed by atoms with E-state index in [0.717, 1.165) is 15.6 Å². The summed E-state index contributed by atoms with van der Waals surface area (Å²) in [7, 11) is 3.40. The van der Waals surface area contributed by atoms with Crippen LogP contribution < -0.4 is 10.1 Å². The molecule has 1 unspecified atom stereocenters. The molecule has 0 bridgehead atoms. The minimum atomic E-state index is -0.275. The molecule has 0 saturated carbocycles. The maximum atomic E-state index is 13.4. The van der Waals surface area contributed by atoms with Gasteiger partial charge in [0.05, 0.1) is 17.6 Å². The molecule has 1 atom stereocenters. The Hall–Kier alpha value is -1.10. The Labute approximate surface area is 131 Å².